The number of hydrogen-bond acceptors (Lipinski definition) is 14. The van der Waals surface area contributed by atoms with Crippen LogP contribution in [0.2, 0.25) is 0 Å². The maximum Gasteiger partial charge on any atom is 0.246 e. The molecule has 0 saturated carbocycles. The number of anilines is 3. The number of aromatic nitrogens is 6. The molecular weight excluding hydrogens is 570 g/mol. The number of methoxy groups -OCH3 is 5. The molecule has 0 aliphatic carbocycles. The Morgan fingerprint density at radius 2 is 1.30 bits per heavy atom. The number of piperidine rings is 1. The molecule has 0 unspecified atom stereocenters. The normalized spacial score (nSPS) is 14.0. The van der Waals surface area contributed by atoms with Crippen molar-refractivity contribution in [2.45, 2.75) is 25.6 Å². The zero-order valence-electron chi connectivity index (χ0n) is 26.9. The highest BCUT2D eigenvalue weighted by Crippen LogP contribution is 2.34. The van der Waals surface area contributed by atoms with Crippen LogP contribution in [0.1, 0.15) is 18.4 Å². The predicted molar refractivity (Wildman–Crippen MR) is 167 cm³/mol. The first-order chi connectivity index (χ1) is 21.5. The quantitative estimate of drug-likeness (QED) is 0.192. The number of rotatable bonds is 19. The molecule has 3 aromatic rings. The van der Waals surface area contributed by atoms with E-state index in [1.165, 1.54) is 0 Å². The highest BCUT2D eigenvalue weighted by atomic mass is 16.5. The lowest BCUT2D eigenvalue weighted by Crippen LogP contribution is -2.38. The number of nitrogens with zero attached hydrogens (tertiary/aromatic N) is 9. The van der Waals surface area contributed by atoms with E-state index in [2.05, 4.69) is 14.9 Å². The van der Waals surface area contributed by atoms with Gasteiger partial charge in [0.2, 0.25) is 17.8 Å². The van der Waals surface area contributed by atoms with Gasteiger partial charge in [0.15, 0.2) is 11.3 Å². The molecule has 1 aliphatic heterocycles. The minimum Gasteiger partial charge on any atom is -0.471 e. The minimum atomic E-state index is 0.209. The molecule has 4 rings (SSSR count). The van der Waals surface area contributed by atoms with E-state index in [4.69, 9.17) is 48.4 Å². The van der Waals surface area contributed by atoms with Crippen LogP contribution in [0.5, 0.6) is 5.88 Å². The van der Waals surface area contributed by atoms with Gasteiger partial charge in [-0.15, -0.1) is 0 Å². The Labute approximate surface area is 259 Å². The van der Waals surface area contributed by atoms with Gasteiger partial charge in [-0.25, -0.2) is 9.97 Å². The third-order valence-corrected chi connectivity index (χ3v) is 7.51. The number of ether oxygens (including phenoxy) is 6. The minimum absolute atomic E-state index is 0.209. The van der Waals surface area contributed by atoms with Gasteiger partial charge in [-0.05, 0) is 12.8 Å². The number of aryl methyl sites for hydroxylation is 1. The van der Waals surface area contributed by atoms with E-state index < -0.39 is 0 Å². The highest BCUT2D eigenvalue weighted by Gasteiger charge is 2.27. The molecule has 244 valence electrons. The van der Waals surface area contributed by atoms with Gasteiger partial charge in [-0.2, -0.15) is 15.1 Å². The Bertz CT molecular complexity index is 1270. The van der Waals surface area contributed by atoms with Crippen molar-refractivity contribution in [1.29, 1.82) is 0 Å². The number of hydrogen-bond donors (Lipinski definition) is 0. The van der Waals surface area contributed by atoms with Crippen molar-refractivity contribution in [3.05, 3.63) is 18.0 Å². The molecule has 0 N–H and O–H groups in total. The molecule has 0 bridgehead atoms. The topological polar surface area (TPSA) is 134 Å². The Balaban J connectivity index is 1.88. The van der Waals surface area contributed by atoms with Gasteiger partial charge in [0.05, 0.1) is 38.7 Å². The van der Waals surface area contributed by atoms with Gasteiger partial charge in [0.25, 0.3) is 0 Å². The lowest BCUT2D eigenvalue weighted by Gasteiger charge is -2.33. The summed E-state index contributed by atoms with van der Waals surface area (Å²) in [6.45, 7) is 6.12. The average molecular weight is 618 g/mol. The zero-order valence-corrected chi connectivity index (χ0v) is 26.9. The second-order valence-electron chi connectivity index (χ2n) is 10.6. The Morgan fingerprint density at radius 1 is 0.750 bits per heavy atom. The first-order valence-electron chi connectivity index (χ1n) is 14.9. The van der Waals surface area contributed by atoms with Crippen molar-refractivity contribution in [3.63, 3.8) is 0 Å². The predicted octanol–water partition coefficient (Wildman–Crippen LogP) is 1.55. The maximum absolute atomic E-state index is 6.40. The van der Waals surface area contributed by atoms with Gasteiger partial charge >= 0.3 is 0 Å². The van der Waals surface area contributed by atoms with Crippen molar-refractivity contribution in [3.8, 4) is 5.88 Å². The Hall–Kier alpha value is -3.37. The molecule has 1 fully saturated rings. The van der Waals surface area contributed by atoms with Crippen LogP contribution in [0, 0.1) is 0 Å². The SMILES string of the molecule is COCCN(CCOC)c1nc(N2CCC(OC)CC2)c2nc(N(CCOC)CCOC)nc(OCc3cnn(C)c3)c2n1. The van der Waals surface area contributed by atoms with Gasteiger partial charge in [0, 0.05) is 93.6 Å². The van der Waals surface area contributed by atoms with Crippen LogP contribution in [0.3, 0.4) is 0 Å². The molecule has 1 saturated heterocycles. The average Bonchev–Trinajstić information content (AvgIpc) is 3.48. The van der Waals surface area contributed by atoms with Crippen molar-refractivity contribution >= 4 is 28.7 Å². The van der Waals surface area contributed by atoms with Crippen LogP contribution in [-0.4, -0.2) is 137 Å². The highest BCUT2D eigenvalue weighted by molar-refractivity contribution is 5.91. The molecule has 0 spiro atoms. The fraction of sp³-hybridized carbons (Fsp3) is 0.690. The summed E-state index contributed by atoms with van der Waals surface area (Å²) in [5, 5.41) is 4.28. The zero-order chi connectivity index (χ0) is 31.3. The first-order valence-corrected chi connectivity index (χ1v) is 14.9. The molecule has 4 heterocycles. The molecule has 1 aliphatic rings. The molecule has 0 atom stereocenters. The van der Waals surface area contributed by atoms with E-state index in [9.17, 15) is 0 Å². The summed E-state index contributed by atoms with van der Waals surface area (Å²) >= 11 is 0. The first kappa shape index (κ1) is 33.5. The third kappa shape index (κ3) is 8.85. The van der Waals surface area contributed by atoms with Crippen LogP contribution >= 0.6 is 0 Å². The second kappa shape index (κ2) is 17.2. The Kier molecular flexibility index (Phi) is 13.1. The van der Waals surface area contributed by atoms with E-state index in [0.717, 1.165) is 37.3 Å². The van der Waals surface area contributed by atoms with Gasteiger partial charge in [0.1, 0.15) is 12.1 Å². The summed E-state index contributed by atoms with van der Waals surface area (Å²) in [6, 6.07) is 0. The summed E-state index contributed by atoms with van der Waals surface area (Å²) in [5.41, 5.74) is 2.06. The van der Waals surface area contributed by atoms with E-state index in [1.54, 1.807) is 46.4 Å². The Morgan fingerprint density at radius 3 is 1.80 bits per heavy atom. The number of fused-ring (bicyclic) bond motifs is 1. The van der Waals surface area contributed by atoms with Gasteiger partial charge in [-0.3, -0.25) is 4.68 Å². The smallest absolute Gasteiger partial charge is 0.246 e. The molecule has 44 heavy (non-hydrogen) atoms. The summed E-state index contributed by atoms with van der Waals surface area (Å²) in [5.74, 6) is 2.12. The van der Waals surface area contributed by atoms with Gasteiger partial charge < -0.3 is 43.1 Å². The van der Waals surface area contributed by atoms with E-state index in [-0.39, 0.29) is 12.7 Å². The van der Waals surface area contributed by atoms with E-state index in [1.807, 2.05) is 18.1 Å². The molecule has 0 radical (unpaired) electrons. The van der Waals surface area contributed by atoms with Crippen molar-refractivity contribution in [2.75, 3.05) is 116 Å². The summed E-state index contributed by atoms with van der Waals surface area (Å²) in [7, 11) is 10.3. The van der Waals surface area contributed by atoms with Crippen LogP contribution in [-0.2, 0) is 37.3 Å². The van der Waals surface area contributed by atoms with Crippen LogP contribution in [0.4, 0.5) is 17.7 Å². The lowest BCUT2D eigenvalue weighted by molar-refractivity contribution is 0.0818. The monoisotopic (exact) mass is 617 g/mol. The van der Waals surface area contributed by atoms with Crippen molar-refractivity contribution in [1.82, 2.24) is 29.7 Å². The molecular formula is C29H47N9O6. The fourth-order valence-electron chi connectivity index (χ4n) is 4.99. The summed E-state index contributed by atoms with van der Waals surface area (Å²) in [6.07, 6.45) is 5.66. The fourth-order valence-corrected chi connectivity index (χ4v) is 4.99. The molecule has 15 heteroatoms. The molecule has 3 aromatic heterocycles. The second-order valence-corrected chi connectivity index (χ2v) is 10.6. The summed E-state index contributed by atoms with van der Waals surface area (Å²) in [4.78, 5) is 26.5. The van der Waals surface area contributed by atoms with Crippen LogP contribution in [0.15, 0.2) is 12.4 Å². The van der Waals surface area contributed by atoms with Gasteiger partial charge in [-0.1, -0.05) is 0 Å². The van der Waals surface area contributed by atoms with Crippen LogP contribution < -0.4 is 19.4 Å². The molecule has 0 aromatic carbocycles. The summed E-state index contributed by atoms with van der Waals surface area (Å²) < 4.78 is 35.4. The lowest BCUT2D eigenvalue weighted by atomic mass is 10.1. The van der Waals surface area contributed by atoms with E-state index >= 15 is 0 Å². The largest absolute Gasteiger partial charge is 0.471 e. The van der Waals surface area contributed by atoms with E-state index in [0.29, 0.717) is 81.4 Å². The van der Waals surface area contributed by atoms with Crippen molar-refractivity contribution < 1.29 is 28.4 Å². The molecule has 15 nitrogen and oxygen atoms in total. The molecule has 0 amide bonds. The van der Waals surface area contributed by atoms with Crippen LogP contribution in [0.25, 0.3) is 11.0 Å². The standard InChI is InChI=1S/C29H47N9O6/c1-35-20-22(19-30-35)21-44-27-25-24(31-29(34-27)38(13-17-41-4)14-18-42-5)26(36-9-7-23(43-6)8-10-36)33-28(32-25)37(11-15-39-2)12-16-40-3/h19-20,23H,7-18,21H2,1-6H3. The van der Waals surface area contributed by atoms with Crippen molar-refractivity contribution in [2.24, 2.45) is 7.05 Å². The maximum atomic E-state index is 6.40. The third-order valence-electron chi connectivity index (χ3n) is 7.51.